The minimum absolute atomic E-state index is 0.0665. The standard InChI is InChI=1S/C20H29F3N4O/c1-24-19(28)7-9-25-8-3-6-18(15-25)27-12-10-26(11-13-27)17-5-2-4-16(14-17)20(21,22)23/h2,4-5,14,18H,3,6-13,15H2,1H3,(H,24,28)/t18-/m1/s1. The summed E-state index contributed by atoms with van der Waals surface area (Å²) >= 11 is 0. The van der Waals surface area contributed by atoms with E-state index in [1.165, 1.54) is 12.1 Å². The SMILES string of the molecule is CNC(=O)CCN1CCC[C@@H](N2CCN(c3cccc(C(F)(F)F)c3)CC2)C1. The number of hydrogen-bond acceptors (Lipinski definition) is 4. The molecule has 2 aliphatic heterocycles. The predicted octanol–water partition coefficient (Wildman–Crippen LogP) is 2.43. The molecule has 5 nitrogen and oxygen atoms in total. The van der Waals surface area contributed by atoms with Gasteiger partial charge >= 0.3 is 6.18 Å². The van der Waals surface area contributed by atoms with Crippen molar-refractivity contribution in [3.8, 4) is 0 Å². The lowest BCUT2D eigenvalue weighted by Gasteiger charge is -2.44. The third kappa shape index (κ3) is 5.38. The number of piperazine rings is 1. The second-order valence-electron chi connectivity index (χ2n) is 7.59. The number of benzene rings is 1. The molecule has 0 bridgehead atoms. The zero-order chi connectivity index (χ0) is 20.1. The van der Waals surface area contributed by atoms with Gasteiger partial charge in [0, 0.05) is 64.5 Å². The molecule has 1 aromatic carbocycles. The van der Waals surface area contributed by atoms with Gasteiger partial charge in [0.2, 0.25) is 5.91 Å². The lowest BCUT2D eigenvalue weighted by molar-refractivity contribution is -0.137. The molecule has 0 spiro atoms. The van der Waals surface area contributed by atoms with E-state index in [-0.39, 0.29) is 5.91 Å². The van der Waals surface area contributed by atoms with Crippen molar-refractivity contribution in [3.63, 3.8) is 0 Å². The van der Waals surface area contributed by atoms with Gasteiger partial charge in [0.05, 0.1) is 5.56 Å². The average Bonchev–Trinajstić information content (AvgIpc) is 2.72. The number of anilines is 1. The fourth-order valence-corrected chi connectivity index (χ4v) is 4.14. The summed E-state index contributed by atoms with van der Waals surface area (Å²) < 4.78 is 38.9. The molecule has 156 valence electrons. The van der Waals surface area contributed by atoms with Crippen molar-refractivity contribution in [2.45, 2.75) is 31.5 Å². The number of alkyl halides is 3. The Hall–Kier alpha value is -1.80. The molecule has 1 N–H and O–H groups in total. The third-order valence-corrected chi connectivity index (χ3v) is 5.78. The molecule has 28 heavy (non-hydrogen) atoms. The van der Waals surface area contributed by atoms with E-state index in [9.17, 15) is 18.0 Å². The first-order chi connectivity index (χ1) is 13.4. The second-order valence-corrected chi connectivity index (χ2v) is 7.59. The van der Waals surface area contributed by atoms with E-state index in [1.54, 1.807) is 13.1 Å². The van der Waals surface area contributed by atoms with Crippen molar-refractivity contribution < 1.29 is 18.0 Å². The molecule has 0 radical (unpaired) electrons. The Labute approximate surface area is 164 Å². The Morgan fingerprint density at radius 1 is 1.18 bits per heavy atom. The van der Waals surface area contributed by atoms with Gasteiger partial charge in [-0.2, -0.15) is 13.2 Å². The van der Waals surface area contributed by atoms with Crippen LogP contribution in [0.25, 0.3) is 0 Å². The van der Waals surface area contributed by atoms with E-state index in [0.717, 1.165) is 64.7 Å². The van der Waals surface area contributed by atoms with Gasteiger partial charge in [-0.15, -0.1) is 0 Å². The number of halogens is 3. The highest BCUT2D eigenvalue weighted by molar-refractivity contribution is 5.75. The molecule has 2 aliphatic rings. The Morgan fingerprint density at radius 3 is 2.61 bits per heavy atom. The van der Waals surface area contributed by atoms with E-state index in [4.69, 9.17) is 0 Å². The van der Waals surface area contributed by atoms with Crippen LogP contribution in [0.15, 0.2) is 24.3 Å². The first-order valence-corrected chi connectivity index (χ1v) is 9.96. The van der Waals surface area contributed by atoms with E-state index in [1.807, 2.05) is 4.90 Å². The van der Waals surface area contributed by atoms with Crippen LogP contribution in [0, 0.1) is 0 Å². The fraction of sp³-hybridized carbons (Fsp3) is 0.650. The first kappa shape index (κ1) is 20.9. The summed E-state index contributed by atoms with van der Waals surface area (Å²) in [5, 5.41) is 2.66. The van der Waals surface area contributed by atoms with Crippen LogP contribution < -0.4 is 10.2 Å². The van der Waals surface area contributed by atoms with Crippen molar-refractivity contribution in [3.05, 3.63) is 29.8 Å². The van der Waals surface area contributed by atoms with Crippen LogP contribution in [0.4, 0.5) is 18.9 Å². The lowest BCUT2D eigenvalue weighted by atomic mass is 10.0. The summed E-state index contributed by atoms with van der Waals surface area (Å²) in [6.45, 7) is 5.93. The molecular formula is C20H29F3N4O. The number of nitrogens with zero attached hydrogens (tertiary/aromatic N) is 3. The summed E-state index contributed by atoms with van der Waals surface area (Å²) in [6, 6.07) is 6.07. The molecule has 2 fully saturated rings. The highest BCUT2D eigenvalue weighted by atomic mass is 19.4. The highest BCUT2D eigenvalue weighted by Crippen LogP contribution is 2.32. The summed E-state index contributed by atoms with van der Waals surface area (Å²) in [4.78, 5) is 18.3. The molecular weight excluding hydrogens is 369 g/mol. The average molecular weight is 398 g/mol. The van der Waals surface area contributed by atoms with Crippen LogP contribution in [0.1, 0.15) is 24.8 Å². The minimum Gasteiger partial charge on any atom is -0.369 e. The van der Waals surface area contributed by atoms with Crippen LogP contribution in [-0.2, 0) is 11.0 Å². The van der Waals surface area contributed by atoms with Gasteiger partial charge in [0.25, 0.3) is 0 Å². The quantitative estimate of drug-likeness (QED) is 0.827. The Balaban J connectivity index is 1.52. The molecule has 0 saturated carbocycles. The number of carbonyl (C=O) groups is 1. The van der Waals surface area contributed by atoms with Gasteiger partial charge in [-0.25, -0.2) is 0 Å². The van der Waals surface area contributed by atoms with E-state index < -0.39 is 11.7 Å². The van der Waals surface area contributed by atoms with Crippen LogP contribution in [-0.4, -0.2) is 74.6 Å². The molecule has 0 aromatic heterocycles. The van der Waals surface area contributed by atoms with Crippen LogP contribution in [0.5, 0.6) is 0 Å². The monoisotopic (exact) mass is 398 g/mol. The van der Waals surface area contributed by atoms with Gasteiger partial charge < -0.3 is 15.1 Å². The van der Waals surface area contributed by atoms with Gasteiger partial charge in [-0.05, 0) is 37.6 Å². The minimum atomic E-state index is -4.31. The van der Waals surface area contributed by atoms with Crippen LogP contribution >= 0.6 is 0 Å². The van der Waals surface area contributed by atoms with E-state index in [2.05, 4.69) is 15.1 Å². The van der Waals surface area contributed by atoms with E-state index in [0.29, 0.717) is 18.2 Å². The van der Waals surface area contributed by atoms with Crippen LogP contribution in [0.2, 0.25) is 0 Å². The topological polar surface area (TPSA) is 38.8 Å². The molecule has 2 heterocycles. The summed E-state index contributed by atoms with van der Waals surface area (Å²) in [5.74, 6) is 0.0665. The zero-order valence-corrected chi connectivity index (χ0v) is 16.3. The first-order valence-electron chi connectivity index (χ1n) is 9.96. The molecule has 0 aliphatic carbocycles. The molecule has 3 rings (SSSR count). The smallest absolute Gasteiger partial charge is 0.369 e. The summed E-state index contributed by atoms with van der Waals surface area (Å²) in [6.07, 6.45) is -1.53. The van der Waals surface area contributed by atoms with Crippen molar-refractivity contribution in [2.75, 3.05) is 57.8 Å². The molecule has 0 unspecified atom stereocenters. The van der Waals surface area contributed by atoms with Gasteiger partial charge in [-0.3, -0.25) is 9.69 Å². The molecule has 8 heteroatoms. The largest absolute Gasteiger partial charge is 0.416 e. The van der Waals surface area contributed by atoms with Crippen molar-refractivity contribution in [2.24, 2.45) is 0 Å². The number of carbonyl (C=O) groups excluding carboxylic acids is 1. The highest BCUT2D eigenvalue weighted by Gasteiger charge is 2.32. The maximum atomic E-state index is 13.0. The van der Waals surface area contributed by atoms with Gasteiger partial charge in [0.1, 0.15) is 0 Å². The predicted molar refractivity (Wildman–Crippen MR) is 103 cm³/mol. The number of likely N-dealkylation sites (tertiary alicyclic amines) is 1. The summed E-state index contributed by atoms with van der Waals surface area (Å²) in [7, 11) is 1.66. The molecule has 1 amide bonds. The Kier molecular flexibility index (Phi) is 6.82. The maximum absolute atomic E-state index is 13.0. The van der Waals surface area contributed by atoms with Gasteiger partial charge in [0.15, 0.2) is 0 Å². The van der Waals surface area contributed by atoms with E-state index >= 15 is 0 Å². The number of hydrogen-bond donors (Lipinski definition) is 1. The van der Waals surface area contributed by atoms with Gasteiger partial charge in [-0.1, -0.05) is 6.07 Å². The molecule has 2 saturated heterocycles. The summed E-state index contributed by atoms with van der Waals surface area (Å²) in [5.41, 5.74) is 0.0526. The van der Waals surface area contributed by atoms with Crippen LogP contribution in [0.3, 0.4) is 0 Å². The number of nitrogens with one attached hydrogen (secondary N) is 1. The Morgan fingerprint density at radius 2 is 1.93 bits per heavy atom. The fourth-order valence-electron chi connectivity index (χ4n) is 4.14. The third-order valence-electron chi connectivity index (χ3n) is 5.78. The zero-order valence-electron chi connectivity index (χ0n) is 16.3. The Bertz CT molecular complexity index is 659. The number of amides is 1. The van der Waals surface area contributed by atoms with Crippen molar-refractivity contribution in [1.82, 2.24) is 15.1 Å². The number of piperidine rings is 1. The normalized spacial score (nSPS) is 22.3. The second kappa shape index (κ2) is 9.13. The molecule has 1 atom stereocenters. The molecule has 1 aromatic rings. The van der Waals surface area contributed by atoms with Crippen molar-refractivity contribution in [1.29, 1.82) is 0 Å². The van der Waals surface area contributed by atoms with Crippen molar-refractivity contribution >= 4 is 11.6 Å². The lowest BCUT2D eigenvalue weighted by Crippen LogP contribution is -2.55. The number of rotatable bonds is 5. The maximum Gasteiger partial charge on any atom is 0.416 e.